The Kier molecular flexibility index (Phi) is 5.48. The zero-order valence-electron chi connectivity index (χ0n) is 9.23. The number of ketones is 1. The van der Waals surface area contributed by atoms with Gasteiger partial charge in [-0.2, -0.15) is 0 Å². The molecule has 0 radical (unpaired) electrons. The van der Waals surface area contributed by atoms with Crippen LogP contribution in [0.25, 0.3) is 0 Å². The number of nitrogen functional groups attached to an aromatic ring is 1. The van der Waals surface area contributed by atoms with Crippen LogP contribution in [0.1, 0.15) is 12.0 Å². The molecule has 0 bridgehead atoms. The Bertz CT molecular complexity index is 372. The molecule has 0 aromatic carbocycles. The Morgan fingerprint density at radius 1 is 1.53 bits per heavy atom. The second-order valence-electron chi connectivity index (χ2n) is 3.48. The zero-order chi connectivity index (χ0) is 12.7. The molecule has 0 saturated heterocycles. The average Bonchev–Trinajstić information content (AvgIpc) is 2.27. The van der Waals surface area contributed by atoms with Gasteiger partial charge in [0.15, 0.2) is 0 Å². The van der Waals surface area contributed by atoms with Crippen molar-refractivity contribution in [2.75, 3.05) is 18.9 Å². The molecule has 0 atom stereocenters. The molecular weight excluding hydrogens is 230 g/mol. The molecule has 2 N–H and O–H groups in total. The van der Waals surface area contributed by atoms with Gasteiger partial charge in [0.25, 0.3) is 6.43 Å². The van der Waals surface area contributed by atoms with E-state index in [-0.39, 0.29) is 25.2 Å². The maximum absolute atomic E-state index is 11.7. The monoisotopic (exact) mass is 244 g/mol. The SMILES string of the molecule is Nc1ncccc1CC(=O)CCOCC(F)F. The van der Waals surface area contributed by atoms with Gasteiger partial charge in [-0.25, -0.2) is 13.8 Å². The molecule has 0 amide bonds. The number of hydrogen-bond donors (Lipinski definition) is 1. The van der Waals surface area contributed by atoms with Gasteiger partial charge in [-0.3, -0.25) is 4.79 Å². The maximum atomic E-state index is 11.7. The molecule has 0 fully saturated rings. The van der Waals surface area contributed by atoms with Gasteiger partial charge in [-0.05, 0) is 6.07 Å². The van der Waals surface area contributed by atoms with Crippen LogP contribution in [0.15, 0.2) is 18.3 Å². The van der Waals surface area contributed by atoms with Crippen LogP contribution in [0.4, 0.5) is 14.6 Å². The van der Waals surface area contributed by atoms with Crippen molar-refractivity contribution in [2.24, 2.45) is 0 Å². The summed E-state index contributed by atoms with van der Waals surface area (Å²) < 4.78 is 28.1. The lowest BCUT2D eigenvalue weighted by atomic mass is 10.1. The fraction of sp³-hybridized carbons (Fsp3) is 0.455. The molecule has 94 valence electrons. The first kappa shape index (κ1) is 13.5. The van der Waals surface area contributed by atoms with E-state index < -0.39 is 13.0 Å². The van der Waals surface area contributed by atoms with E-state index in [4.69, 9.17) is 5.73 Å². The minimum absolute atomic E-state index is 0.00331. The number of Topliss-reactive ketones (excluding diaryl/α,β-unsaturated/α-hetero) is 1. The van der Waals surface area contributed by atoms with E-state index in [1.165, 1.54) is 6.20 Å². The van der Waals surface area contributed by atoms with Crippen molar-refractivity contribution in [3.63, 3.8) is 0 Å². The van der Waals surface area contributed by atoms with Crippen molar-refractivity contribution in [3.8, 4) is 0 Å². The molecule has 0 aliphatic carbocycles. The fourth-order valence-corrected chi connectivity index (χ4v) is 1.26. The maximum Gasteiger partial charge on any atom is 0.261 e. The van der Waals surface area contributed by atoms with E-state index in [0.717, 1.165) is 0 Å². The van der Waals surface area contributed by atoms with Gasteiger partial charge in [0.05, 0.1) is 6.61 Å². The second-order valence-corrected chi connectivity index (χ2v) is 3.48. The number of halogens is 2. The summed E-state index contributed by atoms with van der Waals surface area (Å²) in [5, 5.41) is 0. The quantitative estimate of drug-likeness (QED) is 0.737. The molecule has 6 heteroatoms. The van der Waals surface area contributed by atoms with Gasteiger partial charge >= 0.3 is 0 Å². The highest BCUT2D eigenvalue weighted by atomic mass is 19.3. The predicted molar refractivity (Wildman–Crippen MR) is 58.8 cm³/mol. The van der Waals surface area contributed by atoms with E-state index >= 15 is 0 Å². The van der Waals surface area contributed by atoms with Crippen molar-refractivity contribution < 1.29 is 18.3 Å². The van der Waals surface area contributed by atoms with E-state index in [9.17, 15) is 13.6 Å². The molecular formula is C11H14F2N2O2. The van der Waals surface area contributed by atoms with Gasteiger partial charge in [0.1, 0.15) is 18.2 Å². The second kappa shape index (κ2) is 6.90. The highest BCUT2D eigenvalue weighted by Gasteiger charge is 2.08. The highest BCUT2D eigenvalue weighted by Crippen LogP contribution is 2.09. The zero-order valence-corrected chi connectivity index (χ0v) is 9.23. The predicted octanol–water partition coefficient (Wildman–Crippen LogP) is 1.45. The van der Waals surface area contributed by atoms with Crippen molar-refractivity contribution >= 4 is 11.6 Å². The summed E-state index contributed by atoms with van der Waals surface area (Å²) in [6.45, 7) is -0.633. The first-order valence-electron chi connectivity index (χ1n) is 5.16. The van der Waals surface area contributed by atoms with Gasteiger partial charge < -0.3 is 10.5 Å². The van der Waals surface area contributed by atoms with Crippen LogP contribution in [-0.4, -0.2) is 30.4 Å². The van der Waals surface area contributed by atoms with Crippen LogP contribution < -0.4 is 5.73 Å². The highest BCUT2D eigenvalue weighted by molar-refractivity contribution is 5.82. The smallest absolute Gasteiger partial charge is 0.261 e. The molecule has 0 saturated carbocycles. The van der Waals surface area contributed by atoms with Crippen molar-refractivity contribution in [3.05, 3.63) is 23.9 Å². The number of ether oxygens (including phenoxy) is 1. The number of aromatic nitrogens is 1. The van der Waals surface area contributed by atoms with Gasteiger partial charge in [0, 0.05) is 24.6 Å². The summed E-state index contributed by atoms with van der Waals surface area (Å²) in [5.74, 6) is 0.202. The first-order chi connectivity index (χ1) is 8.09. The van der Waals surface area contributed by atoms with Gasteiger partial charge in [-0.15, -0.1) is 0 Å². The molecule has 0 unspecified atom stereocenters. The van der Waals surface area contributed by atoms with E-state index in [2.05, 4.69) is 9.72 Å². The van der Waals surface area contributed by atoms with Crippen LogP contribution in [0, 0.1) is 0 Å². The average molecular weight is 244 g/mol. The molecule has 4 nitrogen and oxygen atoms in total. The van der Waals surface area contributed by atoms with Gasteiger partial charge in [0.2, 0.25) is 0 Å². The van der Waals surface area contributed by atoms with Crippen molar-refractivity contribution in [1.82, 2.24) is 4.98 Å². The standard InChI is InChI=1S/C11H14F2N2O2/c12-10(13)7-17-5-3-9(16)6-8-2-1-4-15-11(8)14/h1-2,4,10H,3,5-7H2,(H2,14,15). The van der Waals surface area contributed by atoms with Crippen LogP contribution >= 0.6 is 0 Å². The number of nitrogens with zero attached hydrogens (tertiary/aromatic N) is 1. The lowest BCUT2D eigenvalue weighted by Crippen LogP contribution is -2.11. The number of rotatable bonds is 7. The van der Waals surface area contributed by atoms with Gasteiger partial charge in [-0.1, -0.05) is 6.07 Å². The minimum Gasteiger partial charge on any atom is -0.383 e. The summed E-state index contributed by atoms with van der Waals surface area (Å²) in [6.07, 6.45) is -0.715. The summed E-state index contributed by atoms with van der Waals surface area (Å²) in [4.78, 5) is 15.3. The summed E-state index contributed by atoms with van der Waals surface area (Å²) in [6, 6.07) is 3.40. The van der Waals surface area contributed by atoms with E-state index in [1.54, 1.807) is 12.1 Å². The van der Waals surface area contributed by atoms with Crippen LogP contribution in [-0.2, 0) is 16.0 Å². The van der Waals surface area contributed by atoms with Crippen LogP contribution in [0.3, 0.4) is 0 Å². The first-order valence-corrected chi connectivity index (χ1v) is 5.16. The third-order valence-corrected chi connectivity index (χ3v) is 2.08. The number of alkyl halides is 2. The number of anilines is 1. The van der Waals surface area contributed by atoms with Crippen molar-refractivity contribution in [2.45, 2.75) is 19.3 Å². The Hall–Kier alpha value is -1.56. The van der Waals surface area contributed by atoms with Crippen LogP contribution in [0.2, 0.25) is 0 Å². The molecule has 0 aliphatic heterocycles. The molecule has 0 aliphatic rings. The Morgan fingerprint density at radius 3 is 2.94 bits per heavy atom. The number of pyridine rings is 1. The van der Waals surface area contributed by atoms with Crippen molar-refractivity contribution in [1.29, 1.82) is 0 Å². The summed E-state index contributed by atoms with van der Waals surface area (Å²) in [5.41, 5.74) is 6.21. The lowest BCUT2D eigenvalue weighted by molar-refractivity contribution is -0.119. The third kappa shape index (κ3) is 5.35. The fourth-order valence-electron chi connectivity index (χ4n) is 1.26. The Morgan fingerprint density at radius 2 is 2.29 bits per heavy atom. The molecule has 17 heavy (non-hydrogen) atoms. The molecule has 1 heterocycles. The number of nitrogens with two attached hydrogens (primary N) is 1. The summed E-state index contributed by atoms with van der Waals surface area (Å²) in [7, 11) is 0. The largest absolute Gasteiger partial charge is 0.383 e. The molecule has 1 aromatic rings. The number of carbonyl (C=O) groups excluding carboxylic acids is 1. The normalized spacial score (nSPS) is 10.8. The van der Waals surface area contributed by atoms with Crippen LogP contribution in [0.5, 0.6) is 0 Å². The Balaban J connectivity index is 2.28. The third-order valence-electron chi connectivity index (χ3n) is 2.08. The lowest BCUT2D eigenvalue weighted by Gasteiger charge is -2.04. The molecule has 1 rings (SSSR count). The minimum atomic E-state index is -2.50. The van der Waals surface area contributed by atoms with E-state index in [0.29, 0.717) is 11.4 Å². The molecule has 0 spiro atoms. The van der Waals surface area contributed by atoms with E-state index in [1.807, 2.05) is 0 Å². The topological polar surface area (TPSA) is 65.2 Å². The Labute approximate surface area is 97.8 Å². The summed E-state index contributed by atoms with van der Waals surface area (Å²) >= 11 is 0. The number of hydrogen-bond acceptors (Lipinski definition) is 4. The number of carbonyl (C=O) groups is 1. The molecule has 1 aromatic heterocycles.